The Morgan fingerprint density at radius 1 is 1.23 bits per heavy atom. The largest absolute Gasteiger partial charge is 0.487 e. The zero-order valence-electron chi connectivity index (χ0n) is 7.04. The molecule has 1 rings (SSSR count). The first-order valence-corrected chi connectivity index (χ1v) is 3.90. The van der Waals surface area contributed by atoms with Crippen LogP contribution in [0.3, 0.4) is 0 Å². The average Bonchev–Trinajstić information content (AvgIpc) is 2.17. The molecular formula is C9H11F2NO. The summed E-state index contributed by atoms with van der Waals surface area (Å²) in [4.78, 5) is 0. The highest BCUT2D eigenvalue weighted by molar-refractivity contribution is 5.20. The fourth-order valence-corrected chi connectivity index (χ4v) is 0.765. The zero-order valence-corrected chi connectivity index (χ0v) is 7.04. The van der Waals surface area contributed by atoms with E-state index in [1.807, 2.05) is 0 Å². The molecule has 2 N–H and O–H groups in total. The van der Waals surface area contributed by atoms with E-state index >= 15 is 0 Å². The van der Waals surface area contributed by atoms with Crippen LogP contribution in [0.2, 0.25) is 0 Å². The van der Waals surface area contributed by atoms with Gasteiger partial charge in [0.1, 0.15) is 5.75 Å². The number of ether oxygens (including phenoxy) is 1. The number of para-hydroxylation sites is 1. The van der Waals surface area contributed by atoms with Crippen LogP contribution in [-0.4, -0.2) is 19.1 Å². The minimum absolute atomic E-state index is 0.427. The van der Waals surface area contributed by atoms with Crippen molar-refractivity contribution in [3.63, 3.8) is 0 Å². The molecule has 0 heterocycles. The molecular weight excluding hydrogens is 176 g/mol. The van der Waals surface area contributed by atoms with Crippen LogP contribution in [0.4, 0.5) is 8.78 Å². The monoisotopic (exact) mass is 187 g/mol. The van der Waals surface area contributed by atoms with Gasteiger partial charge in [0.2, 0.25) is 0 Å². The summed E-state index contributed by atoms with van der Waals surface area (Å²) in [6.45, 7) is -1.37. The number of hydrogen-bond acceptors (Lipinski definition) is 2. The molecule has 0 aliphatic rings. The molecule has 0 radical (unpaired) electrons. The number of benzene rings is 1. The number of hydrogen-bond donors (Lipinski definition) is 1. The Morgan fingerprint density at radius 3 is 2.38 bits per heavy atom. The van der Waals surface area contributed by atoms with Crippen LogP contribution >= 0.6 is 0 Å². The van der Waals surface area contributed by atoms with E-state index in [2.05, 4.69) is 0 Å². The van der Waals surface area contributed by atoms with Crippen molar-refractivity contribution in [3.05, 3.63) is 30.3 Å². The molecule has 0 fully saturated rings. The number of rotatable bonds is 4. The molecule has 1 aromatic rings. The second kappa shape index (κ2) is 4.18. The second-order valence-electron chi connectivity index (χ2n) is 2.66. The van der Waals surface area contributed by atoms with Gasteiger partial charge in [-0.15, -0.1) is 0 Å². The molecule has 0 amide bonds. The maximum absolute atomic E-state index is 12.6. The Kier molecular flexibility index (Phi) is 3.19. The van der Waals surface area contributed by atoms with Crippen molar-refractivity contribution < 1.29 is 13.5 Å². The Labute approximate surface area is 75.3 Å². The van der Waals surface area contributed by atoms with E-state index < -0.39 is 19.1 Å². The molecule has 72 valence electrons. The third-order valence-corrected chi connectivity index (χ3v) is 1.49. The number of nitrogens with two attached hydrogens (primary N) is 1. The Bertz CT molecular complexity index is 251. The van der Waals surface area contributed by atoms with E-state index in [9.17, 15) is 8.78 Å². The van der Waals surface area contributed by atoms with E-state index in [0.717, 1.165) is 0 Å². The highest BCUT2D eigenvalue weighted by Gasteiger charge is 2.27. The molecule has 13 heavy (non-hydrogen) atoms. The molecule has 1 aromatic carbocycles. The van der Waals surface area contributed by atoms with Gasteiger partial charge in [0.25, 0.3) is 5.92 Å². The molecule has 0 spiro atoms. The molecule has 0 aliphatic carbocycles. The molecule has 0 aromatic heterocycles. The van der Waals surface area contributed by atoms with Crippen LogP contribution in [0.15, 0.2) is 30.3 Å². The summed E-state index contributed by atoms with van der Waals surface area (Å²) in [5, 5.41) is 0. The van der Waals surface area contributed by atoms with Gasteiger partial charge in [-0.3, -0.25) is 0 Å². The lowest BCUT2D eigenvalue weighted by Crippen LogP contribution is -2.34. The van der Waals surface area contributed by atoms with Gasteiger partial charge in [-0.2, -0.15) is 0 Å². The maximum Gasteiger partial charge on any atom is 0.293 e. The van der Waals surface area contributed by atoms with Crippen molar-refractivity contribution in [2.75, 3.05) is 13.2 Å². The number of alkyl halides is 2. The van der Waals surface area contributed by atoms with Gasteiger partial charge in [-0.05, 0) is 12.1 Å². The van der Waals surface area contributed by atoms with Crippen LogP contribution in [0.5, 0.6) is 5.75 Å². The Hall–Kier alpha value is -1.16. The summed E-state index contributed by atoms with van der Waals surface area (Å²) in [5.74, 6) is -2.52. The lowest BCUT2D eigenvalue weighted by atomic mass is 10.3. The quantitative estimate of drug-likeness (QED) is 0.778. The van der Waals surface area contributed by atoms with E-state index in [1.165, 1.54) is 0 Å². The molecule has 4 heteroatoms. The second-order valence-corrected chi connectivity index (χ2v) is 2.66. The SMILES string of the molecule is NCC(F)(F)COc1ccccc1. The molecule has 0 saturated heterocycles. The third kappa shape index (κ3) is 3.38. The average molecular weight is 187 g/mol. The van der Waals surface area contributed by atoms with Gasteiger partial charge in [0.05, 0.1) is 6.54 Å². The highest BCUT2D eigenvalue weighted by Crippen LogP contribution is 2.15. The third-order valence-electron chi connectivity index (χ3n) is 1.49. The smallest absolute Gasteiger partial charge is 0.293 e. The fraction of sp³-hybridized carbons (Fsp3) is 0.333. The van der Waals surface area contributed by atoms with Crippen molar-refractivity contribution in [3.8, 4) is 5.75 Å². The van der Waals surface area contributed by atoms with Gasteiger partial charge in [0, 0.05) is 0 Å². The Balaban J connectivity index is 2.44. The van der Waals surface area contributed by atoms with Crippen LogP contribution in [0, 0.1) is 0 Å². The van der Waals surface area contributed by atoms with E-state index in [1.54, 1.807) is 30.3 Å². The van der Waals surface area contributed by atoms with Crippen LogP contribution in [0.25, 0.3) is 0 Å². The molecule has 0 bridgehead atoms. The molecule has 2 nitrogen and oxygen atoms in total. The number of halogens is 2. The standard InChI is InChI=1S/C9H11F2NO/c10-9(11,6-12)7-13-8-4-2-1-3-5-8/h1-5H,6-7,12H2. The van der Waals surface area contributed by atoms with E-state index in [0.29, 0.717) is 5.75 Å². The zero-order chi connectivity index (χ0) is 9.73. The minimum Gasteiger partial charge on any atom is -0.487 e. The highest BCUT2D eigenvalue weighted by atomic mass is 19.3. The minimum atomic E-state index is -2.95. The van der Waals surface area contributed by atoms with Crippen molar-refractivity contribution in [1.82, 2.24) is 0 Å². The summed E-state index contributed by atoms with van der Waals surface area (Å²) in [5.41, 5.74) is 4.84. The Morgan fingerprint density at radius 2 is 1.85 bits per heavy atom. The first-order chi connectivity index (χ1) is 6.14. The van der Waals surface area contributed by atoms with E-state index in [4.69, 9.17) is 10.5 Å². The van der Waals surface area contributed by atoms with E-state index in [-0.39, 0.29) is 0 Å². The normalized spacial score (nSPS) is 11.3. The predicted molar refractivity (Wildman–Crippen MR) is 45.9 cm³/mol. The summed E-state index contributed by atoms with van der Waals surface area (Å²) in [6.07, 6.45) is 0. The molecule has 0 unspecified atom stereocenters. The molecule has 0 atom stereocenters. The van der Waals surface area contributed by atoms with Gasteiger partial charge in [0.15, 0.2) is 6.61 Å². The summed E-state index contributed by atoms with van der Waals surface area (Å²) < 4.78 is 30.0. The van der Waals surface area contributed by atoms with Crippen molar-refractivity contribution in [2.45, 2.75) is 5.92 Å². The lowest BCUT2D eigenvalue weighted by Gasteiger charge is -2.14. The topological polar surface area (TPSA) is 35.2 Å². The molecule has 0 aliphatic heterocycles. The van der Waals surface area contributed by atoms with Crippen molar-refractivity contribution >= 4 is 0 Å². The predicted octanol–water partition coefficient (Wildman–Crippen LogP) is 1.66. The van der Waals surface area contributed by atoms with Gasteiger partial charge in [-0.1, -0.05) is 18.2 Å². The summed E-state index contributed by atoms with van der Waals surface area (Å²) in [7, 11) is 0. The van der Waals surface area contributed by atoms with Crippen molar-refractivity contribution in [2.24, 2.45) is 5.73 Å². The van der Waals surface area contributed by atoms with Crippen LogP contribution < -0.4 is 10.5 Å². The van der Waals surface area contributed by atoms with Gasteiger partial charge in [-0.25, -0.2) is 8.78 Å². The lowest BCUT2D eigenvalue weighted by molar-refractivity contribution is -0.0319. The van der Waals surface area contributed by atoms with Gasteiger partial charge < -0.3 is 10.5 Å². The first kappa shape index (κ1) is 9.92. The fourth-order valence-electron chi connectivity index (χ4n) is 0.765. The first-order valence-electron chi connectivity index (χ1n) is 3.90. The molecule has 0 saturated carbocycles. The summed E-state index contributed by atoms with van der Waals surface area (Å²) in [6, 6.07) is 8.46. The summed E-state index contributed by atoms with van der Waals surface area (Å²) >= 11 is 0. The van der Waals surface area contributed by atoms with Crippen LogP contribution in [-0.2, 0) is 0 Å². The van der Waals surface area contributed by atoms with Crippen molar-refractivity contribution in [1.29, 1.82) is 0 Å². The van der Waals surface area contributed by atoms with Gasteiger partial charge >= 0.3 is 0 Å². The van der Waals surface area contributed by atoms with Crippen LogP contribution in [0.1, 0.15) is 0 Å². The maximum atomic E-state index is 12.6.